The van der Waals surface area contributed by atoms with Crippen LogP contribution in [0.1, 0.15) is 92.9 Å². The van der Waals surface area contributed by atoms with Crippen LogP contribution >= 0.6 is 0 Å². The largest absolute Gasteiger partial charge is 0.481 e. The monoisotopic (exact) mass is 549 g/mol. The van der Waals surface area contributed by atoms with Crippen LogP contribution < -0.4 is 5.73 Å². The fraction of sp³-hybridized carbons (Fsp3) is 0.906. The van der Waals surface area contributed by atoms with E-state index in [-0.39, 0.29) is 41.3 Å². The highest BCUT2D eigenvalue weighted by Gasteiger charge is 2.70. The van der Waals surface area contributed by atoms with Gasteiger partial charge in [-0.1, -0.05) is 53.2 Å². The van der Waals surface area contributed by atoms with Crippen LogP contribution in [0.2, 0.25) is 0 Å². The molecule has 4 fully saturated rings. The Morgan fingerprint density at radius 3 is 2.21 bits per heavy atom. The van der Waals surface area contributed by atoms with E-state index in [0.29, 0.717) is 30.7 Å². The summed E-state index contributed by atoms with van der Waals surface area (Å²) in [5.74, 6) is 0.828. The Bertz CT molecular complexity index is 968. The Hall–Kier alpha value is -0.990. The number of nitrogens with two attached hydrogens (primary N) is 1. The first kappa shape index (κ1) is 31.0. The summed E-state index contributed by atoms with van der Waals surface area (Å²) in [6.45, 7) is 14.1. The molecule has 4 saturated carbocycles. The highest BCUT2D eigenvalue weighted by Crippen LogP contribution is 2.75. The van der Waals surface area contributed by atoms with Crippen molar-refractivity contribution in [2.75, 3.05) is 19.8 Å². The lowest BCUT2D eigenvalue weighted by atomic mass is 9.33. The number of aliphatic hydroxyl groups excluding tert-OH is 4. The average Bonchev–Trinajstić information content (AvgIpc) is 2.89. The molecule has 0 spiro atoms. The van der Waals surface area contributed by atoms with E-state index in [1.165, 1.54) is 5.57 Å². The number of aliphatic carboxylic acids is 1. The van der Waals surface area contributed by atoms with E-state index in [0.717, 1.165) is 44.9 Å². The summed E-state index contributed by atoms with van der Waals surface area (Å²) in [5.41, 5.74) is 4.56. The third-order valence-corrected chi connectivity index (χ3v) is 13.6. The van der Waals surface area contributed by atoms with Crippen LogP contribution in [-0.2, 0) is 4.79 Å². The van der Waals surface area contributed by atoms with Gasteiger partial charge in [0.1, 0.15) is 0 Å². The second-order valence-electron chi connectivity index (χ2n) is 15.0. The Balaban J connectivity index is 0.000000826. The molecule has 7 N–H and O–H groups in total. The molecule has 0 bridgehead atoms. The van der Waals surface area contributed by atoms with Crippen molar-refractivity contribution in [1.82, 2.24) is 0 Å². The van der Waals surface area contributed by atoms with E-state index >= 15 is 0 Å². The summed E-state index contributed by atoms with van der Waals surface area (Å²) in [6, 6.07) is 0. The second kappa shape index (κ2) is 10.4. The topological polar surface area (TPSA) is 144 Å². The molecule has 0 aromatic rings. The molecule has 5 aliphatic rings. The lowest BCUT2D eigenvalue weighted by molar-refractivity contribution is -0.244. The predicted molar refractivity (Wildman–Crippen MR) is 152 cm³/mol. The molecular formula is C32H55NO6. The third kappa shape index (κ3) is 4.11. The maximum Gasteiger partial charge on any atom is 0.310 e. The molecule has 0 saturated heterocycles. The lowest BCUT2D eigenvalue weighted by Crippen LogP contribution is -2.68. The highest BCUT2D eigenvalue weighted by atomic mass is 16.4. The quantitative estimate of drug-likeness (QED) is 0.292. The number of hydrogen-bond donors (Lipinski definition) is 6. The maximum atomic E-state index is 12.8. The van der Waals surface area contributed by atoms with Gasteiger partial charge in [-0.05, 0) is 97.2 Å². The van der Waals surface area contributed by atoms with Crippen molar-refractivity contribution in [3.8, 4) is 0 Å². The van der Waals surface area contributed by atoms with Crippen molar-refractivity contribution in [2.45, 2.75) is 105 Å². The predicted octanol–water partition coefficient (Wildman–Crippen LogP) is 3.97. The summed E-state index contributed by atoms with van der Waals surface area (Å²) < 4.78 is 0. The molecule has 7 heteroatoms. The van der Waals surface area contributed by atoms with Gasteiger partial charge in [-0.15, -0.1) is 0 Å². The van der Waals surface area contributed by atoms with Crippen LogP contribution in [0.3, 0.4) is 0 Å². The third-order valence-electron chi connectivity index (χ3n) is 13.6. The molecule has 7 nitrogen and oxygen atoms in total. The smallest absolute Gasteiger partial charge is 0.310 e. The summed E-state index contributed by atoms with van der Waals surface area (Å²) in [7, 11) is 0. The number of carboxylic acids is 1. The Labute approximate surface area is 235 Å². The molecule has 5 rings (SSSR count). The molecule has 0 aromatic heterocycles. The van der Waals surface area contributed by atoms with E-state index in [9.17, 15) is 25.2 Å². The fourth-order valence-electron chi connectivity index (χ4n) is 11.0. The molecule has 39 heavy (non-hydrogen) atoms. The van der Waals surface area contributed by atoms with Crippen molar-refractivity contribution in [2.24, 2.45) is 62.4 Å². The van der Waals surface area contributed by atoms with E-state index in [1.54, 1.807) is 0 Å². The Morgan fingerprint density at radius 2 is 1.64 bits per heavy atom. The lowest BCUT2D eigenvalue weighted by Gasteiger charge is -2.71. The molecule has 0 aromatic carbocycles. The van der Waals surface area contributed by atoms with Gasteiger partial charge < -0.3 is 31.3 Å². The average molecular weight is 550 g/mol. The van der Waals surface area contributed by atoms with Gasteiger partial charge in [0, 0.05) is 12.0 Å². The van der Waals surface area contributed by atoms with Crippen LogP contribution in [0.15, 0.2) is 11.6 Å². The van der Waals surface area contributed by atoms with Gasteiger partial charge in [-0.2, -0.15) is 0 Å². The molecule has 0 radical (unpaired) electrons. The van der Waals surface area contributed by atoms with Crippen molar-refractivity contribution in [1.29, 1.82) is 0 Å². The van der Waals surface area contributed by atoms with E-state index in [4.69, 9.17) is 10.8 Å². The van der Waals surface area contributed by atoms with Crippen LogP contribution in [0.4, 0.5) is 0 Å². The minimum atomic E-state index is -0.907. The Morgan fingerprint density at radius 1 is 1.00 bits per heavy atom. The maximum absolute atomic E-state index is 12.8. The summed E-state index contributed by atoms with van der Waals surface area (Å²) in [6.07, 6.45) is 7.51. The minimum absolute atomic E-state index is 0.00815. The second-order valence-corrected chi connectivity index (χ2v) is 15.0. The molecule has 0 unspecified atom stereocenters. The first-order valence-corrected chi connectivity index (χ1v) is 15.4. The number of hydrogen-bond acceptors (Lipinski definition) is 6. The van der Waals surface area contributed by atoms with Crippen LogP contribution in [0.25, 0.3) is 0 Å². The first-order valence-electron chi connectivity index (χ1n) is 15.4. The summed E-state index contributed by atoms with van der Waals surface area (Å²) in [4.78, 5) is 12.8. The SMILES string of the molecule is C[C@H]1[C@H](C)CC[C@]2(C(=O)O)CC[C@]3(C)C(=CC[C@@H]4[C@@]5(C)C[C@@H](O)[C@H](O)[C@@](C)(CO)[C@@H]5CC[C@]43C)[C@H]12.NCCO. The fourth-order valence-corrected chi connectivity index (χ4v) is 11.0. The van der Waals surface area contributed by atoms with Gasteiger partial charge >= 0.3 is 5.97 Å². The van der Waals surface area contributed by atoms with Crippen LogP contribution in [-0.4, -0.2) is 63.5 Å². The van der Waals surface area contributed by atoms with Crippen molar-refractivity contribution >= 4 is 5.97 Å². The normalized spacial score (nSPS) is 52.6. The highest BCUT2D eigenvalue weighted by molar-refractivity contribution is 5.76. The standard InChI is InChI=1S/C30H48O5.C2H7NO/c1-17-9-12-30(25(34)35)14-13-28(5)19(23(30)18(17)2)7-8-22-26(3)15-20(32)24(33)27(4,16-31)21(26)10-11-29(22,28)6;3-1-2-4/h7,17-18,20-24,31-33H,8-16H2,1-6H3,(H,34,35);4H,1-3H2/t17-,18+,20-,21-,22-,23+,24+,26+,27+,28-,29-,30+;/m1./s1. The van der Waals surface area contributed by atoms with Crippen molar-refractivity contribution in [3.05, 3.63) is 11.6 Å². The van der Waals surface area contributed by atoms with Gasteiger partial charge in [0.25, 0.3) is 0 Å². The Kier molecular flexibility index (Phi) is 8.24. The summed E-state index contributed by atoms with van der Waals surface area (Å²) >= 11 is 0. The molecule has 12 atom stereocenters. The molecule has 0 amide bonds. The van der Waals surface area contributed by atoms with E-state index in [1.807, 2.05) is 6.92 Å². The number of carboxylic acid groups (broad SMARTS) is 1. The molecule has 0 aliphatic heterocycles. The zero-order valence-electron chi connectivity index (χ0n) is 25.1. The van der Waals surface area contributed by atoms with Gasteiger partial charge in [0.05, 0.1) is 30.8 Å². The zero-order chi connectivity index (χ0) is 29.2. The molecule has 5 aliphatic carbocycles. The number of rotatable bonds is 3. The van der Waals surface area contributed by atoms with E-state index < -0.39 is 29.0 Å². The first-order chi connectivity index (χ1) is 18.1. The minimum Gasteiger partial charge on any atom is -0.481 e. The van der Waals surface area contributed by atoms with Gasteiger partial charge in [0.2, 0.25) is 0 Å². The number of fused-ring (bicyclic) bond motifs is 7. The van der Waals surface area contributed by atoms with E-state index in [2.05, 4.69) is 40.7 Å². The number of aliphatic hydroxyl groups is 4. The molecule has 224 valence electrons. The molecule has 0 heterocycles. The number of allylic oxidation sites excluding steroid dienone is 2. The van der Waals surface area contributed by atoms with Gasteiger partial charge in [0.15, 0.2) is 0 Å². The van der Waals surface area contributed by atoms with Crippen LogP contribution in [0.5, 0.6) is 0 Å². The van der Waals surface area contributed by atoms with Crippen LogP contribution in [0, 0.1) is 56.7 Å². The summed E-state index contributed by atoms with van der Waals surface area (Å²) in [5, 5.41) is 50.6. The zero-order valence-corrected chi connectivity index (χ0v) is 25.1. The number of carbonyl (C=O) groups is 1. The molecular weight excluding hydrogens is 494 g/mol. The van der Waals surface area contributed by atoms with Gasteiger partial charge in [-0.25, -0.2) is 0 Å². The van der Waals surface area contributed by atoms with Crippen molar-refractivity contribution < 1.29 is 30.3 Å². The van der Waals surface area contributed by atoms with Crippen molar-refractivity contribution in [3.63, 3.8) is 0 Å². The van der Waals surface area contributed by atoms with Gasteiger partial charge in [-0.3, -0.25) is 4.79 Å².